The third-order valence-corrected chi connectivity index (χ3v) is 9.83. The molecule has 326 valence electrons. The average molecular weight is 841 g/mol. The first-order valence-electron chi connectivity index (χ1n) is 20.0. The highest BCUT2D eigenvalue weighted by molar-refractivity contribution is 6.38. The van der Waals surface area contributed by atoms with Crippen molar-refractivity contribution in [2.75, 3.05) is 13.1 Å². The molecule has 0 aliphatic carbocycles. The van der Waals surface area contributed by atoms with Gasteiger partial charge in [-0.05, 0) is 49.3 Å². The fraction of sp³-hybridized carbons (Fsp3) is 0.405. The van der Waals surface area contributed by atoms with E-state index in [0.717, 1.165) is 23.4 Å². The molecule has 0 unspecified atom stereocenters. The molecule has 2 aromatic heterocycles. The van der Waals surface area contributed by atoms with E-state index >= 15 is 0 Å². The largest absolute Gasteiger partial charge is 0.370 e. The number of hydrogen-bond acceptors (Lipinski definition) is 11. The Hall–Kier alpha value is -6.73. The van der Waals surface area contributed by atoms with E-state index in [4.69, 9.17) is 11.5 Å². The number of guanidine groups is 1. The fourth-order valence-corrected chi connectivity index (χ4v) is 6.44. The van der Waals surface area contributed by atoms with Gasteiger partial charge in [-0.3, -0.25) is 38.6 Å². The minimum atomic E-state index is -1.25. The Balaban J connectivity index is 1.52. The molecule has 12 N–H and O–H groups in total. The number of para-hydroxylation sites is 1. The van der Waals surface area contributed by atoms with Crippen LogP contribution in [0.1, 0.15) is 57.4 Å². The van der Waals surface area contributed by atoms with Gasteiger partial charge in [-0.2, -0.15) is 0 Å². The van der Waals surface area contributed by atoms with Crippen molar-refractivity contribution in [3.63, 3.8) is 0 Å². The summed E-state index contributed by atoms with van der Waals surface area (Å²) in [6.45, 7) is 6.37. The van der Waals surface area contributed by atoms with Gasteiger partial charge >= 0.3 is 0 Å². The predicted octanol–water partition coefficient (Wildman–Crippen LogP) is -0.222. The number of carbonyl (C=O) groups is 7. The van der Waals surface area contributed by atoms with E-state index in [1.54, 1.807) is 20.0 Å². The van der Waals surface area contributed by atoms with Crippen molar-refractivity contribution in [3.05, 3.63) is 90.1 Å². The number of carbonyl (C=O) groups excluding carboxylic acids is 7. The Morgan fingerprint density at radius 2 is 1.46 bits per heavy atom. The summed E-state index contributed by atoms with van der Waals surface area (Å²) in [4.78, 5) is 107. The van der Waals surface area contributed by atoms with Gasteiger partial charge in [0.2, 0.25) is 29.3 Å². The van der Waals surface area contributed by atoms with Crippen molar-refractivity contribution in [1.82, 2.24) is 47.1 Å². The molecule has 0 radical (unpaired) electrons. The molecule has 2 heterocycles. The second kappa shape index (κ2) is 23.2. The van der Waals surface area contributed by atoms with Crippen LogP contribution in [0, 0.1) is 5.92 Å². The number of nitrogens with two attached hydrogens (primary N) is 2. The van der Waals surface area contributed by atoms with Gasteiger partial charge in [0.25, 0.3) is 5.91 Å². The maximum atomic E-state index is 14.3. The van der Waals surface area contributed by atoms with E-state index in [9.17, 15) is 33.6 Å². The van der Waals surface area contributed by atoms with Crippen LogP contribution in [0.4, 0.5) is 0 Å². The van der Waals surface area contributed by atoms with Crippen LogP contribution in [-0.4, -0.2) is 105 Å². The zero-order valence-corrected chi connectivity index (χ0v) is 34.7. The van der Waals surface area contributed by atoms with Crippen LogP contribution in [0.25, 0.3) is 10.9 Å². The van der Waals surface area contributed by atoms with Gasteiger partial charge in [0.1, 0.15) is 18.1 Å². The van der Waals surface area contributed by atoms with Crippen LogP contribution >= 0.6 is 0 Å². The maximum Gasteiger partial charge on any atom is 0.289 e. The Morgan fingerprint density at radius 3 is 2.13 bits per heavy atom. The number of aromatic nitrogens is 3. The zero-order chi connectivity index (χ0) is 44.5. The first-order valence-corrected chi connectivity index (χ1v) is 20.0. The van der Waals surface area contributed by atoms with Crippen LogP contribution in [0.2, 0.25) is 0 Å². The van der Waals surface area contributed by atoms with E-state index in [-0.39, 0.29) is 44.7 Å². The number of nitrogens with one attached hydrogen (secondary N) is 8. The number of amides is 4. The number of aromatic amines is 2. The summed E-state index contributed by atoms with van der Waals surface area (Å²) in [5, 5.41) is 11.6. The molecular weight excluding hydrogens is 785 g/mol. The Bertz CT molecular complexity index is 2150. The molecular formula is C42H56N12O7. The van der Waals surface area contributed by atoms with Crippen molar-refractivity contribution in [2.24, 2.45) is 22.4 Å². The number of Topliss-reactive ketones (excluding diaryl/α,β-unsaturated/α-hetero) is 3. The first kappa shape index (κ1) is 47.0. The standard InChI is InChI=1S/C42H56N12O7/c1-24(2)35(40(60)50-32(37(57)26(4)55)15-10-17-47-42(43)44)52-38(58)33(19-28-21-48-31-14-9-8-13-30(28)31)51-39(59)34(20-29-22-45-23-49-29)54-53-25(3)36(56)41(61)46-18-16-27-11-6-5-7-12-27/h5-9,11-14,21-25,32-35,48,53-54H,10,15-20H2,1-4H3,(H,45,49)(H,46,61)(H,50,60)(H,51,59)(H,52,58)(H4,43,44,47)/t25-,32-,33-,34-,35-/m0/s1. The highest BCUT2D eigenvalue weighted by Crippen LogP contribution is 2.20. The lowest BCUT2D eigenvalue weighted by Gasteiger charge is -2.28. The molecule has 19 heteroatoms. The number of hydrazine groups is 1. The molecule has 5 atom stereocenters. The number of hydrogen-bond donors (Lipinski definition) is 10. The van der Waals surface area contributed by atoms with Crippen LogP contribution < -0.4 is 43.6 Å². The van der Waals surface area contributed by atoms with Gasteiger partial charge in [-0.15, -0.1) is 0 Å². The first-order chi connectivity index (χ1) is 29.1. The van der Waals surface area contributed by atoms with E-state index in [1.807, 2.05) is 54.6 Å². The molecule has 19 nitrogen and oxygen atoms in total. The summed E-state index contributed by atoms with van der Waals surface area (Å²) in [5.41, 5.74) is 19.5. The molecule has 0 aliphatic heterocycles. The fourth-order valence-electron chi connectivity index (χ4n) is 6.44. The highest BCUT2D eigenvalue weighted by atomic mass is 16.2. The Labute approximate surface area is 353 Å². The van der Waals surface area contributed by atoms with Gasteiger partial charge in [0, 0.05) is 61.8 Å². The molecule has 0 fully saturated rings. The second-order valence-corrected chi connectivity index (χ2v) is 15.0. The lowest BCUT2D eigenvalue weighted by molar-refractivity contribution is -0.139. The monoisotopic (exact) mass is 840 g/mol. The van der Waals surface area contributed by atoms with Crippen LogP contribution in [-0.2, 0) is 52.8 Å². The van der Waals surface area contributed by atoms with E-state index < -0.39 is 77.1 Å². The number of aliphatic imine (C=N–C) groups is 1. The molecule has 0 aliphatic rings. The van der Waals surface area contributed by atoms with Crippen molar-refractivity contribution >= 4 is 57.8 Å². The van der Waals surface area contributed by atoms with Gasteiger partial charge in [0.15, 0.2) is 11.7 Å². The second-order valence-electron chi connectivity index (χ2n) is 15.0. The average Bonchev–Trinajstić information content (AvgIpc) is 3.91. The number of ketones is 3. The van der Waals surface area contributed by atoms with E-state index in [0.29, 0.717) is 17.7 Å². The molecule has 4 aromatic rings. The quantitative estimate of drug-likeness (QED) is 0.0136. The molecule has 61 heavy (non-hydrogen) atoms. The van der Waals surface area contributed by atoms with Crippen LogP contribution in [0.5, 0.6) is 0 Å². The summed E-state index contributed by atoms with van der Waals surface area (Å²) >= 11 is 0. The lowest BCUT2D eigenvalue weighted by Crippen LogP contribution is -2.61. The zero-order valence-electron chi connectivity index (χ0n) is 34.7. The topological polar surface area (TPSA) is 301 Å². The number of H-pyrrole nitrogens is 2. The number of fused-ring (bicyclic) bond motifs is 1. The molecule has 0 bridgehead atoms. The Kier molecular flexibility index (Phi) is 17.8. The summed E-state index contributed by atoms with van der Waals surface area (Å²) in [6.07, 6.45) is 5.56. The Morgan fingerprint density at radius 1 is 0.770 bits per heavy atom. The van der Waals surface area contributed by atoms with Crippen LogP contribution in [0.15, 0.2) is 78.3 Å². The van der Waals surface area contributed by atoms with E-state index in [1.165, 1.54) is 19.4 Å². The van der Waals surface area contributed by atoms with Crippen molar-refractivity contribution in [2.45, 2.75) is 90.0 Å². The maximum absolute atomic E-state index is 14.3. The summed E-state index contributed by atoms with van der Waals surface area (Å²) in [7, 11) is 0. The van der Waals surface area contributed by atoms with Crippen molar-refractivity contribution in [1.29, 1.82) is 0 Å². The smallest absolute Gasteiger partial charge is 0.289 e. The van der Waals surface area contributed by atoms with Crippen LogP contribution in [0.3, 0.4) is 0 Å². The predicted molar refractivity (Wildman–Crippen MR) is 228 cm³/mol. The van der Waals surface area contributed by atoms with Crippen molar-refractivity contribution < 1.29 is 33.6 Å². The molecule has 4 rings (SSSR count). The minimum absolute atomic E-state index is 0.00743. The summed E-state index contributed by atoms with van der Waals surface area (Å²) < 4.78 is 0. The van der Waals surface area contributed by atoms with Crippen molar-refractivity contribution in [3.8, 4) is 0 Å². The van der Waals surface area contributed by atoms with Gasteiger partial charge in [-0.25, -0.2) is 15.8 Å². The minimum Gasteiger partial charge on any atom is -0.370 e. The van der Waals surface area contributed by atoms with Gasteiger partial charge in [-0.1, -0.05) is 62.4 Å². The molecule has 4 amide bonds. The molecule has 0 saturated heterocycles. The lowest BCUT2D eigenvalue weighted by atomic mass is 9.98. The number of rotatable bonds is 25. The number of nitrogens with zero attached hydrogens (tertiary/aromatic N) is 2. The highest BCUT2D eigenvalue weighted by Gasteiger charge is 2.34. The molecule has 0 spiro atoms. The van der Waals surface area contributed by atoms with E-state index in [2.05, 4.69) is 52.1 Å². The van der Waals surface area contributed by atoms with Gasteiger partial charge < -0.3 is 42.7 Å². The van der Waals surface area contributed by atoms with Gasteiger partial charge in [0.05, 0.1) is 18.4 Å². The molecule has 0 saturated carbocycles. The summed E-state index contributed by atoms with van der Waals surface area (Å²) in [5.74, 6) is -5.87. The third-order valence-electron chi connectivity index (χ3n) is 9.83. The number of imidazole rings is 1. The summed E-state index contributed by atoms with van der Waals surface area (Å²) in [6, 6.07) is 11.1. The normalized spacial score (nSPS) is 13.6. The molecule has 2 aromatic carbocycles. The SMILES string of the molecule is CC(=O)C(=O)[C@H](CCCN=C(N)N)NC(=O)[C@@H](NC(=O)[C@H](Cc1c[nH]c2ccccc12)NC(=O)[C@H](Cc1cnc[nH]1)NN[C@@H](C)C(=O)C(=O)NCCc1ccccc1)C(C)C. The number of benzene rings is 2. The third kappa shape index (κ3) is 14.5.